The van der Waals surface area contributed by atoms with Gasteiger partial charge in [-0.15, -0.1) is 0 Å². The molecule has 3 N–H and O–H groups in total. The van der Waals surface area contributed by atoms with Crippen LogP contribution < -0.4 is 5.73 Å². The van der Waals surface area contributed by atoms with E-state index in [0.717, 1.165) is 5.56 Å². The molecule has 80 valence electrons. The Balaban J connectivity index is 2.17. The first-order valence-corrected chi connectivity index (χ1v) is 5.50. The molecule has 0 spiro atoms. The molecule has 5 nitrogen and oxygen atoms in total. The summed E-state index contributed by atoms with van der Waals surface area (Å²) in [5, 5.41) is 17.2. The van der Waals surface area contributed by atoms with Gasteiger partial charge in [0.2, 0.25) is 5.82 Å². The monoisotopic (exact) mass is 225 g/mol. The lowest BCUT2D eigenvalue weighted by Crippen LogP contribution is -2.06. The van der Waals surface area contributed by atoms with Crippen LogP contribution in [0.1, 0.15) is 18.4 Å². The predicted octanol–water partition coefficient (Wildman–Crippen LogP) is 1.18. The molecule has 0 aliphatic rings. The first kappa shape index (κ1) is 10.3. The summed E-state index contributed by atoms with van der Waals surface area (Å²) in [6.07, 6.45) is -0.347. The van der Waals surface area contributed by atoms with Crippen molar-refractivity contribution in [2.75, 3.05) is 6.54 Å². The Bertz CT molecular complexity index is 413. The summed E-state index contributed by atoms with van der Waals surface area (Å²) in [6.45, 7) is 0.386. The van der Waals surface area contributed by atoms with Gasteiger partial charge in [0, 0.05) is 10.9 Å². The van der Waals surface area contributed by atoms with Gasteiger partial charge in [-0.25, -0.2) is 0 Å². The van der Waals surface area contributed by atoms with E-state index in [9.17, 15) is 5.11 Å². The third-order valence-corrected chi connectivity index (χ3v) is 2.63. The molecule has 2 heterocycles. The molecule has 2 aromatic heterocycles. The third-order valence-electron chi connectivity index (χ3n) is 1.95. The minimum absolute atomic E-state index is 0.224. The number of aromatic nitrogens is 2. The second-order valence-corrected chi connectivity index (χ2v) is 3.84. The highest BCUT2D eigenvalue weighted by Crippen LogP contribution is 2.21. The minimum Gasteiger partial charge on any atom is -0.383 e. The molecular formula is C9H11N3O2S. The van der Waals surface area contributed by atoms with Crippen molar-refractivity contribution in [3.05, 3.63) is 22.7 Å². The summed E-state index contributed by atoms with van der Waals surface area (Å²) in [5.74, 6) is 0.726. The lowest BCUT2D eigenvalue weighted by Gasteiger charge is -2.00. The molecule has 0 aliphatic heterocycles. The Morgan fingerprint density at radius 1 is 1.60 bits per heavy atom. The maximum atomic E-state index is 9.56. The van der Waals surface area contributed by atoms with E-state index in [-0.39, 0.29) is 5.89 Å². The Labute approximate surface area is 90.5 Å². The van der Waals surface area contributed by atoms with E-state index in [1.165, 1.54) is 0 Å². The fraction of sp³-hybridized carbons (Fsp3) is 0.333. The summed E-state index contributed by atoms with van der Waals surface area (Å²) >= 11 is 1.56. The van der Waals surface area contributed by atoms with Gasteiger partial charge in [0.15, 0.2) is 0 Å². The molecule has 2 aromatic rings. The van der Waals surface area contributed by atoms with Crippen LogP contribution in [0.5, 0.6) is 0 Å². The van der Waals surface area contributed by atoms with Crippen molar-refractivity contribution in [3.63, 3.8) is 0 Å². The molecule has 0 saturated heterocycles. The van der Waals surface area contributed by atoms with Crippen molar-refractivity contribution in [1.29, 1.82) is 0 Å². The molecule has 0 saturated carbocycles. The van der Waals surface area contributed by atoms with Crippen molar-refractivity contribution in [3.8, 4) is 11.4 Å². The van der Waals surface area contributed by atoms with Gasteiger partial charge in [-0.05, 0) is 24.4 Å². The largest absolute Gasteiger partial charge is 0.383 e. The van der Waals surface area contributed by atoms with Crippen LogP contribution in [-0.4, -0.2) is 21.8 Å². The van der Waals surface area contributed by atoms with Crippen molar-refractivity contribution >= 4 is 11.3 Å². The van der Waals surface area contributed by atoms with Crippen LogP contribution in [0.2, 0.25) is 0 Å². The van der Waals surface area contributed by atoms with Crippen LogP contribution in [0.25, 0.3) is 11.4 Å². The number of thiophene rings is 1. The molecule has 0 bridgehead atoms. The van der Waals surface area contributed by atoms with Gasteiger partial charge < -0.3 is 15.4 Å². The van der Waals surface area contributed by atoms with Gasteiger partial charge in [0.25, 0.3) is 5.89 Å². The summed E-state index contributed by atoms with van der Waals surface area (Å²) in [7, 11) is 0. The Morgan fingerprint density at radius 3 is 3.13 bits per heavy atom. The predicted molar refractivity (Wildman–Crippen MR) is 56.2 cm³/mol. The van der Waals surface area contributed by atoms with E-state index < -0.39 is 6.10 Å². The molecule has 0 fully saturated rings. The highest BCUT2D eigenvalue weighted by Gasteiger charge is 2.15. The Morgan fingerprint density at radius 2 is 2.47 bits per heavy atom. The number of nitrogens with two attached hydrogens (primary N) is 1. The average Bonchev–Trinajstić information content (AvgIpc) is 2.89. The Kier molecular flexibility index (Phi) is 3.10. The molecule has 15 heavy (non-hydrogen) atoms. The van der Waals surface area contributed by atoms with E-state index in [4.69, 9.17) is 10.3 Å². The van der Waals surface area contributed by atoms with Crippen LogP contribution in [0.15, 0.2) is 21.3 Å². The maximum Gasteiger partial charge on any atom is 0.255 e. The van der Waals surface area contributed by atoms with Crippen molar-refractivity contribution in [2.24, 2.45) is 5.73 Å². The fourth-order valence-corrected chi connectivity index (χ4v) is 1.80. The summed E-state index contributed by atoms with van der Waals surface area (Å²) in [4.78, 5) is 4.09. The normalized spacial score (nSPS) is 12.9. The van der Waals surface area contributed by atoms with Crippen molar-refractivity contribution in [1.82, 2.24) is 10.1 Å². The second-order valence-electron chi connectivity index (χ2n) is 3.06. The summed E-state index contributed by atoms with van der Waals surface area (Å²) in [5.41, 5.74) is 6.22. The van der Waals surface area contributed by atoms with Crippen LogP contribution in [-0.2, 0) is 0 Å². The number of aliphatic hydroxyl groups excluding tert-OH is 1. The number of rotatable bonds is 4. The standard InChI is InChI=1S/C9H11N3O2S/c10-3-1-7(13)9-11-8(12-14-9)6-2-4-15-5-6/h2,4-5,7,13H,1,3,10H2/t7-/m0/s1. The number of aliphatic hydroxyl groups is 1. The van der Waals surface area contributed by atoms with E-state index in [1.807, 2.05) is 16.8 Å². The molecule has 0 aliphatic carbocycles. The fourth-order valence-electron chi connectivity index (χ4n) is 1.16. The van der Waals surface area contributed by atoms with Crippen LogP contribution in [0, 0.1) is 0 Å². The van der Waals surface area contributed by atoms with Gasteiger partial charge in [0.1, 0.15) is 6.10 Å². The molecule has 6 heteroatoms. The average molecular weight is 225 g/mol. The quantitative estimate of drug-likeness (QED) is 0.816. The molecule has 0 amide bonds. The zero-order chi connectivity index (χ0) is 10.7. The maximum absolute atomic E-state index is 9.56. The van der Waals surface area contributed by atoms with Crippen LogP contribution in [0.4, 0.5) is 0 Å². The van der Waals surface area contributed by atoms with Gasteiger partial charge >= 0.3 is 0 Å². The summed E-state index contributed by atoms with van der Waals surface area (Å²) in [6, 6.07) is 1.90. The number of hydrogen-bond donors (Lipinski definition) is 2. The topological polar surface area (TPSA) is 85.2 Å². The second kappa shape index (κ2) is 4.52. The molecular weight excluding hydrogens is 214 g/mol. The number of nitrogens with zero attached hydrogens (tertiary/aromatic N) is 2. The smallest absolute Gasteiger partial charge is 0.255 e. The first-order chi connectivity index (χ1) is 7.31. The van der Waals surface area contributed by atoms with E-state index in [1.54, 1.807) is 11.3 Å². The zero-order valence-electron chi connectivity index (χ0n) is 7.96. The minimum atomic E-state index is -0.769. The van der Waals surface area contributed by atoms with Crippen LogP contribution >= 0.6 is 11.3 Å². The molecule has 0 aromatic carbocycles. The molecule has 1 atom stereocenters. The van der Waals surface area contributed by atoms with Gasteiger partial charge in [-0.3, -0.25) is 0 Å². The highest BCUT2D eigenvalue weighted by atomic mass is 32.1. The summed E-state index contributed by atoms with van der Waals surface area (Å²) < 4.78 is 4.94. The van der Waals surface area contributed by atoms with Crippen molar-refractivity contribution < 1.29 is 9.63 Å². The van der Waals surface area contributed by atoms with E-state index >= 15 is 0 Å². The lowest BCUT2D eigenvalue weighted by atomic mass is 10.2. The van der Waals surface area contributed by atoms with Gasteiger partial charge in [-0.2, -0.15) is 16.3 Å². The third kappa shape index (κ3) is 2.23. The van der Waals surface area contributed by atoms with Crippen molar-refractivity contribution in [2.45, 2.75) is 12.5 Å². The first-order valence-electron chi connectivity index (χ1n) is 4.55. The molecule has 2 rings (SSSR count). The van der Waals surface area contributed by atoms with E-state index in [2.05, 4.69) is 10.1 Å². The highest BCUT2D eigenvalue weighted by molar-refractivity contribution is 7.08. The molecule has 0 unspecified atom stereocenters. The SMILES string of the molecule is NCC[C@H](O)c1nc(-c2ccsc2)no1. The lowest BCUT2D eigenvalue weighted by molar-refractivity contribution is 0.127. The van der Waals surface area contributed by atoms with Gasteiger partial charge in [0.05, 0.1) is 0 Å². The number of hydrogen-bond acceptors (Lipinski definition) is 6. The van der Waals surface area contributed by atoms with E-state index in [0.29, 0.717) is 18.8 Å². The Hall–Kier alpha value is -1.24. The van der Waals surface area contributed by atoms with Gasteiger partial charge in [-0.1, -0.05) is 5.16 Å². The molecule has 0 radical (unpaired) electrons. The van der Waals surface area contributed by atoms with Crippen LogP contribution in [0.3, 0.4) is 0 Å². The zero-order valence-corrected chi connectivity index (χ0v) is 8.78.